The quantitative estimate of drug-likeness (QED) is 0.914. The topological polar surface area (TPSA) is 63.1 Å². The van der Waals surface area contributed by atoms with E-state index in [9.17, 15) is 4.79 Å². The Morgan fingerprint density at radius 3 is 2.81 bits per heavy atom. The average Bonchev–Trinajstić information content (AvgIpc) is 3.14. The Bertz CT molecular complexity index is 812. The van der Waals surface area contributed by atoms with E-state index in [1.54, 1.807) is 0 Å². The van der Waals surface area contributed by atoms with Gasteiger partial charge in [-0.05, 0) is 38.2 Å². The number of fused-ring (bicyclic) bond motifs is 2. The minimum Gasteiger partial charge on any atom is -0.347 e. The van der Waals surface area contributed by atoms with Gasteiger partial charge in [-0.1, -0.05) is 29.8 Å². The zero-order chi connectivity index (χ0) is 18.3. The summed E-state index contributed by atoms with van der Waals surface area (Å²) in [5, 5.41) is 11.4. The molecule has 1 amide bonds. The second kappa shape index (κ2) is 6.83. The van der Waals surface area contributed by atoms with Crippen molar-refractivity contribution in [2.75, 3.05) is 13.1 Å². The molecule has 0 aliphatic carbocycles. The van der Waals surface area contributed by atoms with Gasteiger partial charge in [-0.2, -0.15) is 0 Å². The van der Waals surface area contributed by atoms with Gasteiger partial charge >= 0.3 is 0 Å². The first kappa shape index (κ1) is 17.2. The maximum atomic E-state index is 12.4. The Morgan fingerprint density at radius 1 is 1.23 bits per heavy atom. The largest absolute Gasteiger partial charge is 0.347 e. The van der Waals surface area contributed by atoms with E-state index in [2.05, 4.69) is 51.6 Å². The summed E-state index contributed by atoms with van der Waals surface area (Å²) >= 11 is 0. The van der Waals surface area contributed by atoms with Crippen LogP contribution in [0.2, 0.25) is 0 Å². The smallest absolute Gasteiger partial charge is 0.289 e. The number of hydrogen-bond acceptors (Lipinski definition) is 4. The van der Waals surface area contributed by atoms with Crippen LogP contribution in [0.25, 0.3) is 0 Å². The summed E-state index contributed by atoms with van der Waals surface area (Å²) in [6.07, 6.45) is 0.914. The molecular formula is C20H27N5O. The molecule has 1 fully saturated rings. The lowest BCUT2D eigenvalue weighted by Gasteiger charge is -2.25. The van der Waals surface area contributed by atoms with Gasteiger partial charge in [0, 0.05) is 38.6 Å². The van der Waals surface area contributed by atoms with Crippen LogP contribution in [-0.2, 0) is 19.5 Å². The Balaban J connectivity index is 1.45. The maximum absolute atomic E-state index is 12.4. The Kier molecular flexibility index (Phi) is 4.53. The van der Waals surface area contributed by atoms with Crippen molar-refractivity contribution >= 4 is 5.91 Å². The van der Waals surface area contributed by atoms with Gasteiger partial charge in [0.2, 0.25) is 5.82 Å². The van der Waals surface area contributed by atoms with Crippen molar-refractivity contribution in [1.29, 1.82) is 0 Å². The molecule has 26 heavy (non-hydrogen) atoms. The third kappa shape index (κ3) is 3.38. The lowest BCUT2D eigenvalue weighted by Crippen LogP contribution is -2.35. The highest BCUT2D eigenvalue weighted by molar-refractivity contribution is 5.90. The number of amides is 1. The Morgan fingerprint density at radius 2 is 2.04 bits per heavy atom. The van der Waals surface area contributed by atoms with E-state index in [4.69, 9.17) is 0 Å². The van der Waals surface area contributed by atoms with Gasteiger partial charge in [-0.25, -0.2) is 0 Å². The fraction of sp³-hybridized carbons (Fsp3) is 0.550. The van der Waals surface area contributed by atoms with Crippen LogP contribution >= 0.6 is 0 Å². The molecule has 0 spiro atoms. The van der Waals surface area contributed by atoms with E-state index in [1.807, 2.05) is 18.4 Å². The fourth-order valence-corrected chi connectivity index (χ4v) is 4.31. The van der Waals surface area contributed by atoms with Crippen molar-refractivity contribution in [3.63, 3.8) is 0 Å². The minimum absolute atomic E-state index is 0.100. The summed E-state index contributed by atoms with van der Waals surface area (Å²) in [6.45, 7) is 10.1. The van der Waals surface area contributed by atoms with Gasteiger partial charge in [-0.3, -0.25) is 9.69 Å². The van der Waals surface area contributed by atoms with E-state index in [0.717, 1.165) is 38.4 Å². The minimum atomic E-state index is -0.119. The summed E-state index contributed by atoms with van der Waals surface area (Å²) in [4.78, 5) is 14.9. The van der Waals surface area contributed by atoms with Gasteiger partial charge in [-0.15, -0.1) is 10.2 Å². The molecule has 3 heterocycles. The monoisotopic (exact) mass is 353 g/mol. The van der Waals surface area contributed by atoms with Gasteiger partial charge < -0.3 is 9.88 Å². The van der Waals surface area contributed by atoms with Gasteiger partial charge in [0.25, 0.3) is 5.91 Å². The number of hydrogen-bond donors (Lipinski definition) is 1. The lowest BCUT2D eigenvalue weighted by atomic mass is 9.89. The normalized spacial score (nSPS) is 22.3. The molecule has 138 valence electrons. The average molecular weight is 353 g/mol. The number of rotatable bonds is 4. The number of nitrogens with zero attached hydrogens (tertiary/aromatic N) is 4. The fourth-order valence-electron chi connectivity index (χ4n) is 4.31. The first-order chi connectivity index (χ1) is 12.5. The molecule has 6 nitrogen and oxygen atoms in total. The predicted molar refractivity (Wildman–Crippen MR) is 99.8 cm³/mol. The SMILES string of the molecule is Cc1cccc(CN2C[C@@H]3Cc4nnc(C(=O)NC(C)C)n4C[C@@H]3C2)c1. The van der Waals surface area contributed by atoms with Crippen molar-refractivity contribution in [2.24, 2.45) is 11.8 Å². The molecule has 6 heteroatoms. The summed E-state index contributed by atoms with van der Waals surface area (Å²) in [6, 6.07) is 8.85. The first-order valence-corrected chi connectivity index (χ1v) is 9.50. The molecule has 0 saturated carbocycles. The molecule has 1 aromatic carbocycles. The molecule has 2 aromatic rings. The standard InChI is InChI=1S/C20H27N5O/c1-13(2)21-20(26)19-23-22-18-8-16-10-24(11-17(16)12-25(18)19)9-15-6-4-5-14(3)7-15/h4-7,13,16-17H,8-12H2,1-3H3,(H,21,26)/t16-,17-/m0/s1. The molecule has 4 rings (SSSR count). The van der Waals surface area contributed by atoms with Crippen LogP contribution in [0.15, 0.2) is 24.3 Å². The van der Waals surface area contributed by atoms with Crippen molar-refractivity contribution in [3.05, 3.63) is 47.0 Å². The zero-order valence-electron chi connectivity index (χ0n) is 15.8. The number of benzene rings is 1. The van der Waals surface area contributed by atoms with E-state index in [1.165, 1.54) is 11.1 Å². The predicted octanol–water partition coefficient (Wildman–Crippen LogP) is 2.03. The van der Waals surface area contributed by atoms with Crippen molar-refractivity contribution in [3.8, 4) is 0 Å². The number of aromatic nitrogens is 3. The van der Waals surface area contributed by atoms with Crippen molar-refractivity contribution < 1.29 is 4.79 Å². The summed E-state index contributed by atoms with van der Waals surface area (Å²) in [7, 11) is 0. The Hall–Kier alpha value is -2.21. The van der Waals surface area contributed by atoms with Crippen LogP contribution < -0.4 is 5.32 Å². The molecule has 0 radical (unpaired) electrons. The molecule has 0 unspecified atom stereocenters. The van der Waals surface area contributed by atoms with Crippen LogP contribution in [0.4, 0.5) is 0 Å². The number of nitrogens with one attached hydrogen (secondary N) is 1. The van der Waals surface area contributed by atoms with Gasteiger partial charge in [0.1, 0.15) is 5.82 Å². The van der Waals surface area contributed by atoms with Crippen LogP contribution in [0.1, 0.15) is 41.4 Å². The van der Waals surface area contributed by atoms with Crippen molar-refractivity contribution in [2.45, 2.75) is 46.3 Å². The van der Waals surface area contributed by atoms with Crippen molar-refractivity contribution in [1.82, 2.24) is 25.0 Å². The van der Waals surface area contributed by atoms with Gasteiger partial charge in [0.15, 0.2) is 0 Å². The highest BCUT2D eigenvalue weighted by atomic mass is 16.2. The first-order valence-electron chi connectivity index (χ1n) is 9.50. The highest BCUT2D eigenvalue weighted by Gasteiger charge is 2.39. The number of likely N-dealkylation sites (tertiary alicyclic amines) is 1. The summed E-state index contributed by atoms with van der Waals surface area (Å²) < 4.78 is 2.04. The van der Waals surface area contributed by atoms with Crippen LogP contribution in [0, 0.1) is 18.8 Å². The molecule has 1 N–H and O–H groups in total. The molecular weight excluding hydrogens is 326 g/mol. The second-order valence-electron chi connectivity index (χ2n) is 8.09. The van der Waals surface area contributed by atoms with E-state index < -0.39 is 0 Å². The molecule has 0 bridgehead atoms. The molecule has 1 aromatic heterocycles. The van der Waals surface area contributed by atoms with E-state index in [-0.39, 0.29) is 11.9 Å². The summed E-state index contributed by atoms with van der Waals surface area (Å²) in [5.41, 5.74) is 2.69. The third-order valence-corrected chi connectivity index (χ3v) is 5.45. The molecule has 1 saturated heterocycles. The van der Waals surface area contributed by atoms with E-state index in [0.29, 0.717) is 17.7 Å². The number of carbonyl (C=O) groups excluding carboxylic acids is 1. The van der Waals surface area contributed by atoms with Crippen LogP contribution in [0.3, 0.4) is 0 Å². The van der Waals surface area contributed by atoms with E-state index >= 15 is 0 Å². The van der Waals surface area contributed by atoms with Crippen LogP contribution in [0.5, 0.6) is 0 Å². The maximum Gasteiger partial charge on any atom is 0.289 e. The van der Waals surface area contributed by atoms with Gasteiger partial charge in [0.05, 0.1) is 0 Å². The third-order valence-electron chi connectivity index (χ3n) is 5.45. The molecule has 2 atom stereocenters. The highest BCUT2D eigenvalue weighted by Crippen LogP contribution is 2.33. The molecule has 2 aliphatic heterocycles. The van der Waals surface area contributed by atoms with Crippen LogP contribution in [-0.4, -0.2) is 44.7 Å². The molecule has 2 aliphatic rings. The number of carbonyl (C=O) groups is 1. The zero-order valence-corrected chi connectivity index (χ0v) is 15.8. The lowest BCUT2D eigenvalue weighted by molar-refractivity contribution is 0.0924. The second-order valence-corrected chi connectivity index (χ2v) is 8.09. The Labute approximate surface area is 154 Å². The summed E-state index contributed by atoms with van der Waals surface area (Å²) in [5.74, 6) is 2.47. The number of aryl methyl sites for hydroxylation is 1.